The number of hydrogen-bond donors (Lipinski definition) is 1. The number of benzene rings is 4. The van der Waals surface area contributed by atoms with Gasteiger partial charge >= 0.3 is 18.5 Å². The van der Waals surface area contributed by atoms with Crippen molar-refractivity contribution in [2.45, 2.75) is 185 Å². The highest BCUT2D eigenvalue weighted by molar-refractivity contribution is 6.00. The molecule has 8 aliphatic rings. The third-order valence-corrected chi connectivity index (χ3v) is 27.2. The van der Waals surface area contributed by atoms with E-state index in [0.29, 0.717) is 156 Å². The lowest BCUT2D eigenvalue weighted by Gasteiger charge is -2.51. The minimum Gasteiger partial charge on any atom is -0.497 e. The van der Waals surface area contributed by atoms with Gasteiger partial charge in [0.25, 0.3) is 29.4 Å². The van der Waals surface area contributed by atoms with Crippen molar-refractivity contribution in [3.05, 3.63) is 212 Å². The zero-order valence-electron chi connectivity index (χ0n) is 76.4. The van der Waals surface area contributed by atoms with Gasteiger partial charge in [-0.05, 0) is 228 Å². The van der Waals surface area contributed by atoms with Crippen LogP contribution in [0.1, 0.15) is 214 Å². The molecule has 4 fully saturated rings. The first-order valence-corrected chi connectivity index (χ1v) is 44.2. The zero-order valence-corrected chi connectivity index (χ0v) is 76.4. The number of methoxy groups -OCH3 is 3. The molecule has 12 heterocycles. The summed E-state index contributed by atoms with van der Waals surface area (Å²) >= 11 is 0. The summed E-state index contributed by atoms with van der Waals surface area (Å²) in [4.78, 5) is 102. The van der Waals surface area contributed by atoms with Gasteiger partial charge in [-0.1, -0.05) is 13.8 Å². The number of halogens is 11. The van der Waals surface area contributed by atoms with Crippen molar-refractivity contribution in [3.63, 3.8) is 0 Å². The minimum atomic E-state index is -4.93. The Labute approximate surface area is 756 Å². The molecule has 4 spiro atoms. The molecule has 8 aromatic rings. The Morgan fingerprint density at radius 3 is 1.41 bits per heavy atom. The first kappa shape index (κ1) is 97.6. The number of likely N-dealkylation sites (tertiary alicyclic amines) is 4. The average Bonchev–Trinajstić information content (AvgIpc) is 1.54. The zero-order chi connectivity index (χ0) is 95.2. The maximum atomic E-state index is 14.8. The smallest absolute Gasteiger partial charge is 0.456 e. The second-order valence-corrected chi connectivity index (χ2v) is 36.4. The van der Waals surface area contributed by atoms with Crippen molar-refractivity contribution < 1.29 is 107 Å². The van der Waals surface area contributed by atoms with Crippen molar-refractivity contribution in [3.8, 4) is 23.0 Å². The van der Waals surface area contributed by atoms with Gasteiger partial charge in [0.2, 0.25) is 0 Å². The van der Waals surface area contributed by atoms with E-state index in [9.17, 15) is 81.9 Å². The predicted molar refractivity (Wildman–Crippen MR) is 468 cm³/mol. The lowest BCUT2D eigenvalue weighted by molar-refractivity contribution is -0.145. The maximum absolute atomic E-state index is 14.8. The highest BCUT2D eigenvalue weighted by Gasteiger charge is 2.54. The Hall–Kier alpha value is -10.9. The molecule has 0 saturated carbocycles. The number of nitrogens with one attached hydrogen (secondary N) is 1. The van der Waals surface area contributed by atoms with Gasteiger partial charge in [0, 0.05) is 170 Å². The normalized spacial score (nSPS) is 18.6. The molecule has 24 nitrogen and oxygen atoms in total. The molecule has 4 amide bonds. The first-order valence-electron chi connectivity index (χ1n) is 44.2. The van der Waals surface area contributed by atoms with Crippen LogP contribution in [0.2, 0.25) is 0 Å². The topological polar surface area (TPSA) is 220 Å². The number of aromatic nitrogens is 4. The highest BCUT2D eigenvalue weighted by Crippen LogP contribution is 2.49. The summed E-state index contributed by atoms with van der Waals surface area (Å²) in [5, 5.41) is 3.61. The number of rotatable bonds is 16. The van der Waals surface area contributed by atoms with E-state index in [-0.39, 0.29) is 95.4 Å². The number of nitrogens with zero attached hydrogens (tertiary/aromatic N) is 11. The van der Waals surface area contributed by atoms with Gasteiger partial charge in [-0.15, -0.1) is 0 Å². The number of ether oxygens (including phenoxy) is 5. The predicted octanol–water partition coefficient (Wildman–Crippen LogP) is 16.2. The van der Waals surface area contributed by atoms with Crippen LogP contribution in [0, 0.1) is 24.5 Å². The lowest BCUT2D eigenvalue weighted by Crippen LogP contribution is -2.63. The maximum Gasteiger partial charge on any atom is 0.456 e. The number of fused-ring (bicyclic) bond motifs is 8. The molecule has 0 radical (unpaired) electrons. The number of carbonyl (C=O) groups excluding carboxylic acids is 7. The van der Waals surface area contributed by atoms with Crippen LogP contribution in [0.4, 0.5) is 48.3 Å². The molecule has 0 unspecified atom stereocenters. The van der Waals surface area contributed by atoms with Crippen LogP contribution in [0.5, 0.6) is 23.0 Å². The molecule has 16 rings (SSSR count). The number of likely N-dealkylation sites (N-methyl/N-ethyl adjacent to an activating group) is 3. The molecule has 131 heavy (non-hydrogen) atoms. The average molecular weight is 1840 g/mol. The SMILES string of the molecule is CC(=O)c1ccc2n1CCN(C)C21CCN(C(=O)c2ccc(OC(C)C)c(F)c2)CC1.COCCOc1ccc(C(=O)N2CCC3(CC2)c2c(F)cc(C(F)(F)F)n2CCN3C)cc1.COc1ccc(C(=O)N2CCC3(CC2)NC(C)(C)Cn2c(C(=O)C(F)(F)F)ccc23)c(C)c1.COc1ccc(C(=O)N2CCC3(CC2)c2ccc(C(=O)C(C)C)n2CCN3C)cc1C(F)(F)F.[HH]. The minimum absolute atomic E-state index is 0. The summed E-state index contributed by atoms with van der Waals surface area (Å²) in [5.74, 6) is -2.77. The van der Waals surface area contributed by atoms with E-state index >= 15 is 0 Å². The summed E-state index contributed by atoms with van der Waals surface area (Å²) in [6.07, 6.45) is -9.72. The number of amides is 4. The Morgan fingerprint density at radius 1 is 0.458 bits per heavy atom. The van der Waals surface area contributed by atoms with Crippen molar-refractivity contribution in [2.24, 2.45) is 5.92 Å². The van der Waals surface area contributed by atoms with Gasteiger partial charge in [-0.3, -0.25) is 53.6 Å². The number of carbonyl (C=O) groups is 7. The molecule has 4 saturated heterocycles. The summed E-state index contributed by atoms with van der Waals surface area (Å²) in [6.45, 7) is 23.0. The summed E-state index contributed by atoms with van der Waals surface area (Å²) in [7, 11) is 10.3. The third-order valence-electron chi connectivity index (χ3n) is 27.2. The number of alkyl halides is 9. The van der Waals surface area contributed by atoms with E-state index in [2.05, 4.69) is 44.4 Å². The van der Waals surface area contributed by atoms with Gasteiger partial charge in [0.15, 0.2) is 23.1 Å². The fourth-order valence-electron chi connectivity index (χ4n) is 20.3. The number of ketones is 3. The molecule has 0 bridgehead atoms. The number of Topliss-reactive ketones (excluding diaryl/α,β-unsaturated/α-hetero) is 3. The Bertz CT molecular complexity index is 5550. The Balaban J connectivity index is 0.000000159. The summed E-state index contributed by atoms with van der Waals surface area (Å²) in [6, 6.07) is 31.3. The molecular formula is C96H117F11N12O12. The van der Waals surface area contributed by atoms with Crippen molar-refractivity contribution in [2.75, 3.05) is 128 Å². The quantitative estimate of drug-likeness (QED) is 0.0540. The van der Waals surface area contributed by atoms with E-state index in [1.807, 2.05) is 84.7 Å². The van der Waals surface area contributed by atoms with Crippen LogP contribution in [0.15, 0.2) is 121 Å². The first-order chi connectivity index (χ1) is 61.8. The van der Waals surface area contributed by atoms with Crippen molar-refractivity contribution >= 4 is 41.0 Å². The van der Waals surface area contributed by atoms with Crippen LogP contribution < -0.4 is 24.3 Å². The standard InChI is InChI=1S/C25H30F3N3O3.C24H28F3N3O3.C24H30FN3O3.C23H27F4N3O3.H2/c1-16(2)22(32)19-6-8-21-24(29(3)13-14-31(19)21)9-11-30(12-10-24)23(33)17-5-7-20(34-4)18(15-17)25(26,27)28;1-15-13-16(33-4)5-6-17(15)21(32)29-11-9-23(10-12-29)19-8-7-18(20(31)24(25,26)27)30(19)14-22(2,3)28-23;1-16(2)31-21-7-5-18(15-19(21)25)23(30)27-11-9-24(10-12-27)22-8-6-20(17(3)29)28(22)14-13-26(24)4;1-28-11-12-30-19(23(25,26)27)15-18(24)20(30)22(28)7-9-29(10-8-22)21(31)16-3-5-17(6-4-16)33-14-13-32-2;/h5-8,15-16H,9-14H2,1-4H3;5-8,13,28H,9-12,14H2,1-4H3;5-8,15-16H,9-14H2,1-4H3;3-6,15H,7-14H2,1-2H3;1H. The van der Waals surface area contributed by atoms with Crippen LogP contribution in [-0.4, -0.2) is 239 Å². The van der Waals surface area contributed by atoms with Gasteiger partial charge in [0.05, 0.1) is 77.4 Å². The summed E-state index contributed by atoms with van der Waals surface area (Å²) < 4.78 is 182. The molecule has 0 aliphatic carbocycles. The largest absolute Gasteiger partial charge is 0.497 e. The van der Waals surface area contributed by atoms with E-state index in [4.69, 9.17) is 23.7 Å². The van der Waals surface area contributed by atoms with Gasteiger partial charge < -0.3 is 61.6 Å². The van der Waals surface area contributed by atoms with Crippen molar-refractivity contribution in [1.29, 1.82) is 0 Å². The van der Waals surface area contributed by atoms with E-state index in [1.54, 1.807) is 89.3 Å². The lowest BCUT2D eigenvalue weighted by atomic mass is 9.79. The molecule has 35 heteroatoms. The van der Waals surface area contributed by atoms with Crippen LogP contribution in [0.3, 0.4) is 0 Å². The molecule has 710 valence electrons. The van der Waals surface area contributed by atoms with Crippen LogP contribution in [0.25, 0.3) is 0 Å². The third kappa shape index (κ3) is 19.7. The van der Waals surface area contributed by atoms with E-state index in [1.165, 1.54) is 42.0 Å². The highest BCUT2D eigenvalue weighted by atomic mass is 19.4. The molecule has 8 aliphatic heterocycles. The Morgan fingerprint density at radius 2 is 0.924 bits per heavy atom. The fourth-order valence-corrected chi connectivity index (χ4v) is 20.3. The van der Waals surface area contributed by atoms with Crippen molar-refractivity contribution in [1.82, 2.24) is 57.9 Å². The number of aryl methyl sites for hydroxylation is 1. The van der Waals surface area contributed by atoms with Crippen LogP contribution >= 0.6 is 0 Å². The molecule has 4 aromatic carbocycles. The van der Waals surface area contributed by atoms with Gasteiger partial charge in [0.1, 0.15) is 35.4 Å². The molecule has 4 aromatic heterocycles. The monoisotopic (exact) mass is 1840 g/mol. The molecule has 0 atom stereocenters. The second-order valence-electron chi connectivity index (χ2n) is 36.4. The fraction of sp³-hybridized carbons (Fsp3) is 0.510. The van der Waals surface area contributed by atoms with Gasteiger partial charge in [-0.25, -0.2) is 8.78 Å². The van der Waals surface area contributed by atoms with Gasteiger partial charge in [-0.2, -0.15) is 39.5 Å². The summed E-state index contributed by atoms with van der Waals surface area (Å²) in [5.41, 5.74) is 1.93. The number of hydrogen-bond acceptors (Lipinski definition) is 16. The van der Waals surface area contributed by atoms with Crippen LogP contribution in [-0.2, 0) is 65.4 Å². The van der Waals surface area contributed by atoms with E-state index in [0.717, 1.165) is 72.3 Å². The Kier molecular flexibility index (Phi) is 28.6. The molecule has 1 N–H and O–H groups in total. The number of piperidine rings is 4. The van der Waals surface area contributed by atoms with E-state index < -0.39 is 69.7 Å². The molecular weight excluding hydrogens is 1720 g/mol. The second kappa shape index (κ2) is 38.4.